The van der Waals surface area contributed by atoms with E-state index in [-0.39, 0.29) is 10.8 Å². The SMILES string of the molecule is CC1(CO)CC1C[C@H]1C[C@]2(C)C[C@]2(C)C1(C)C.CC1=C(C)C(C)(C)C(CC2CC2(C)CO)C1. The Labute approximate surface area is 205 Å². The van der Waals surface area contributed by atoms with Crippen LogP contribution in [-0.4, -0.2) is 23.4 Å². The van der Waals surface area contributed by atoms with Crippen molar-refractivity contribution in [3.8, 4) is 0 Å². The summed E-state index contributed by atoms with van der Waals surface area (Å²) in [5.74, 6) is 3.23. The van der Waals surface area contributed by atoms with Gasteiger partial charge < -0.3 is 10.2 Å². The lowest BCUT2D eigenvalue weighted by molar-refractivity contribution is 0.125. The van der Waals surface area contributed by atoms with Crippen LogP contribution in [0.2, 0.25) is 0 Å². The number of allylic oxidation sites excluding steroid dienone is 2. The monoisotopic (exact) mass is 458 g/mol. The minimum absolute atomic E-state index is 0.250. The maximum absolute atomic E-state index is 9.40. The molecule has 0 aromatic heterocycles. The van der Waals surface area contributed by atoms with Gasteiger partial charge in [0.1, 0.15) is 0 Å². The summed E-state index contributed by atoms with van der Waals surface area (Å²) in [7, 11) is 0. The number of hydrogen-bond acceptors (Lipinski definition) is 2. The highest BCUT2D eigenvalue weighted by atomic mass is 16.3. The Bertz CT molecular complexity index is 823. The number of rotatable bonds is 6. The summed E-state index contributed by atoms with van der Waals surface area (Å²) in [6, 6.07) is 0. The molecule has 0 aromatic carbocycles. The molecular formula is C31H54O2. The zero-order valence-corrected chi connectivity index (χ0v) is 23.6. The molecule has 5 unspecified atom stereocenters. The molecule has 2 heteroatoms. The smallest absolute Gasteiger partial charge is 0.0487 e. The molecule has 0 saturated heterocycles. The van der Waals surface area contributed by atoms with Crippen molar-refractivity contribution in [1.29, 1.82) is 0 Å². The lowest BCUT2D eigenvalue weighted by Gasteiger charge is -2.36. The lowest BCUT2D eigenvalue weighted by atomic mass is 9.69. The van der Waals surface area contributed by atoms with Crippen LogP contribution in [0.4, 0.5) is 0 Å². The zero-order chi connectivity index (χ0) is 24.8. The Morgan fingerprint density at radius 3 is 1.52 bits per heavy atom. The molecule has 0 spiro atoms. The van der Waals surface area contributed by atoms with E-state index in [9.17, 15) is 10.2 Å². The van der Waals surface area contributed by atoms with E-state index in [1.165, 1.54) is 44.9 Å². The molecule has 8 atom stereocenters. The van der Waals surface area contributed by atoms with Gasteiger partial charge in [0, 0.05) is 13.2 Å². The number of fused-ring (bicyclic) bond motifs is 1. The van der Waals surface area contributed by atoms with E-state index < -0.39 is 0 Å². The molecule has 4 fully saturated rings. The second-order valence-corrected chi connectivity index (χ2v) is 15.6. The number of aliphatic hydroxyl groups is 2. The minimum atomic E-state index is 0.250. The minimum Gasteiger partial charge on any atom is -0.396 e. The second-order valence-electron chi connectivity index (χ2n) is 15.6. The summed E-state index contributed by atoms with van der Waals surface area (Å²) in [6.07, 6.45) is 9.28. The fourth-order valence-electron chi connectivity index (χ4n) is 8.50. The Hall–Kier alpha value is -0.340. The molecule has 5 aliphatic rings. The summed E-state index contributed by atoms with van der Waals surface area (Å²) in [4.78, 5) is 0. The van der Waals surface area contributed by atoms with E-state index in [0.717, 1.165) is 23.7 Å². The van der Waals surface area contributed by atoms with E-state index in [1.54, 1.807) is 11.1 Å². The van der Waals surface area contributed by atoms with Gasteiger partial charge in [0.2, 0.25) is 0 Å². The van der Waals surface area contributed by atoms with Crippen molar-refractivity contribution >= 4 is 0 Å². The van der Waals surface area contributed by atoms with Crippen LogP contribution >= 0.6 is 0 Å². The molecule has 2 N–H and O–H groups in total. The van der Waals surface area contributed by atoms with Crippen molar-refractivity contribution in [1.82, 2.24) is 0 Å². The first-order valence-electron chi connectivity index (χ1n) is 13.9. The molecule has 190 valence electrons. The third kappa shape index (κ3) is 3.89. The van der Waals surface area contributed by atoms with Crippen LogP contribution in [0.25, 0.3) is 0 Å². The van der Waals surface area contributed by atoms with Gasteiger partial charge in [-0.3, -0.25) is 0 Å². The molecule has 0 amide bonds. The standard InChI is InChI=1S/C16H28O.C15H26O/c1-13(2)11(6-12-7-14(12,3)10-17)8-15(4)9-16(13,15)5;1-10-6-12(14(3,4)11(10)2)7-13-8-15(13,5)9-16/h11-12,17H,6-10H2,1-5H3;12-13,16H,6-9H2,1-5H3/t11-,12?,14?,15+,16+;/m0./s1. The predicted molar refractivity (Wildman–Crippen MR) is 139 cm³/mol. The van der Waals surface area contributed by atoms with Crippen LogP contribution in [0, 0.1) is 56.2 Å². The van der Waals surface area contributed by atoms with E-state index in [1.807, 2.05) is 0 Å². The van der Waals surface area contributed by atoms with Crippen LogP contribution < -0.4 is 0 Å². The van der Waals surface area contributed by atoms with Gasteiger partial charge in [-0.05, 0) is 115 Å². The molecule has 0 bridgehead atoms. The molecule has 0 radical (unpaired) electrons. The lowest BCUT2D eigenvalue weighted by Crippen LogP contribution is -2.28. The van der Waals surface area contributed by atoms with E-state index in [0.29, 0.717) is 34.9 Å². The van der Waals surface area contributed by atoms with Gasteiger partial charge in [0.05, 0.1) is 0 Å². The summed E-state index contributed by atoms with van der Waals surface area (Å²) in [5, 5.41) is 18.7. The Balaban J connectivity index is 0.000000157. The first kappa shape index (κ1) is 25.7. The van der Waals surface area contributed by atoms with Gasteiger partial charge in [0.25, 0.3) is 0 Å². The maximum Gasteiger partial charge on any atom is 0.0487 e. The highest BCUT2D eigenvalue weighted by molar-refractivity contribution is 5.26. The predicted octanol–water partition coefficient (Wildman–Crippen LogP) is 7.63. The Morgan fingerprint density at radius 2 is 1.18 bits per heavy atom. The highest BCUT2D eigenvalue weighted by Gasteiger charge is 2.74. The molecule has 5 aliphatic carbocycles. The van der Waals surface area contributed by atoms with E-state index in [2.05, 4.69) is 69.2 Å². The van der Waals surface area contributed by atoms with Crippen molar-refractivity contribution in [2.75, 3.05) is 13.2 Å². The summed E-state index contributed by atoms with van der Waals surface area (Å²) in [6.45, 7) is 24.6. The average molecular weight is 459 g/mol. The molecule has 0 aliphatic heterocycles. The fourth-order valence-corrected chi connectivity index (χ4v) is 8.50. The number of aliphatic hydroxyl groups excluding tert-OH is 2. The quantitative estimate of drug-likeness (QED) is 0.402. The van der Waals surface area contributed by atoms with Crippen LogP contribution in [0.5, 0.6) is 0 Å². The maximum atomic E-state index is 9.40. The van der Waals surface area contributed by atoms with Gasteiger partial charge in [0.15, 0.2) is 0 Å². The van der Waals surface area contributed by atoms with Crippen molar-refractivity contribution < 1.29 is 10.2 Å². The molecule has 2 nitrogen and oxygen atoms in total. The van der Waals surface area contributed by atoms with E-state index in [4.69, 9.17) is 0 Å². The first-order valence-corrected chi connectivity index (χ1v) is 13.9. The van der Waals surface area contributed by atoms with Gasteiger partial charge >= 0.3 is 0 Å². The van der Waals surface area contributed by atoms with Crippen LogP contribution in [0.15, 0.2) is 11.1 Å². The fraction of sp³-hybridized carbons (Fsp3) is 0.935. The van der Waals surface area contributed by atoms with Gasteiger partial charge in [-0.25, -0.2) is 0 Å². The molecule has 0 heterocycles. The van der Waals surface area contributed by atoms with Crippen molar-refractivity contribution in [3.05, 3.63) is 11.1 Å². The highest BCUT2D eigenvalue weighted by Crippen LogP contribution is 2.82. The summed E-state index contributed by atoms with van der Waals surface area (Å²) >= 11 is 0. The average Bonchev–Trinajstić information content (AvgIpc) is 3.65. The van der Waals surface area contributed by atoms with Crippen LogP contribution in [-0.2, 0) is 0 Å². The van der Waals surface area contributed by atoms with Gasteiger partial charge in [-0.2, -0.15) is 0 Å². The molecule has 4 saturated carbocycles. The summed E-state index contributed by atoms with van der Waals surface area (Å²) in [5.41, 5.74) is 5.82. The van der Waals surface area contributed by atoms with Crippen LogP contribution in [0.1, 0.15) is 114 Å². The van der Waals surface area contributed by atoms with Crippen molar-refractivity contribution in [2.45, 2.75) is 114 Å². The van der Waals surface area contributed by atoms with E-state index >= 15 is 0 Å². The van der Waals surface area contributed by atoms with Gasteiger partial charge in [-0.15, -0.1) is 0 Å². The second kappa shape index (κ2) is 7.58. The Kier molecular flexibility index (Phi) is 5.91. The molecular weight excluding hydrogens is 404 g/mol. The van der Waals surface area contributed by atoms with Crippen molar-refractivity contribution in [2.24, 2.45) is 56.2 Å². The first-order chi connectivity index (χ1) is 15.0. The summed E-state index contributed by atoms with van der Waals surface area (Å²) < 4.78 is 0. The molecule has 5 rings (SSSR count). The van der Waals surface area contributed by atoms with Crippen LogP contribution in [0.3, 0.4) is 0 Å². The number of hydrogen-bond donors (Lipinski definition) is 2. The molecule has 33 heavy (non-hydrogen) atoms. The third-order valence-corrected chi connectivity index (χ3v) is 13.2. The normalized spacial score (nSPS) is 50.5. The molecule has 0 aromatic rings. The zero-order valence-electron chi connectivity index (χ0n) is 23.6. The largest absolute Gasteiger partial charge is 0.396 e. The van der Waals surface area contributed by atoms with Crippen molar-refractivity contribution in [3.63, 3.8) is 0 Å². The third-order valence-electron chi connectivity index (χ3n) is 13.2. The van der Waals surface area contributed by atoms with Gasteiger partial charge in [-0.1, -0.05) is 66.5 Å². The Morgan fingerprint density at radius 1 is 0.697 bits per heavy atom. The topological polar surface area (TPSA) is 40.5 Å².